The zero-order chi connectivity index (χ0) is 17.0. The maximum atomic E-state index is 12.9. The maximum absolute atomic E-state index is 12.9. The first-order valence-corrected chi connectivity index (χ1v) is 8.41. The van der Waals surface area contributed by atoms with Crippen molar-refractivity contribution >= 4 is 33.3 Å². The van der Waals surface area contributed by atoms with Gasteiger partial charge in [-0.05, 0) is 30.3 Å². The Hall–Kier alpha value is -2.31. The molecular formula is C16H14ClNO4S. The van der Waals surface area contributed by atoms with Crippen LogP contribution in [0.3, 0.4) is 0 Å². The first-order chi connectivity index (χ1) is 10.9. The van der Waals surface area contributed by atoms with Crippen LogP contribution < -0.4 is 4.31 Å². The number of nitrogens with zero attached hydrogens (tertiary/aromatic N) is 1. The molecule has 0 aromatic heterocycles. The van der Waals surface area contributed by atoms with Gasteiger partial charge in [-0.15, -0.1) is 6.58 Å². The molecule has 120 valence electrons. The van der Waals surface area contributed by atoms with Crippen molar-refractivity contribution in [3.8, 4) is 0 Å². The molecule has 7 heteroatoms. The zero-order valence-corrected chi connectivity index (χ0v) is 13.6. The number of hydrogen-bond acceptors (Lipinski definition) is 3. The summed E-state index contributed by atoms with van der Waals surface area (Å²) in [4.78, 5) is 10.8. The average Bonchev–Trinajstić information content (AvgIpc) is 2.53. The largest absolute Gasteiger partial charge is 0.478 e. The van der Waals surface area contributed by atoms with Gasteiger partial charge in [0.2, 0.25) is 0 Å². The Morgan fingerprint density at radius 3 is 2.43 bits per heavy atom. The fraction of sp³-hybridized carbons (Fsp3) is 0.0625. The highest BCUT2D eigenvalue weighted by atomic mass is 35.5. The van der Waals surface area contributed by atoms with Gasteiger partial charge in [-0.1, -0.05) is 35.9 Å². The highest BCUT2D eigenvalue weighted by Crippen LogP contribution is 2.29. The second-order valence-corrected chi connectivity index (χ2v) is 6.85. The number of para-hydroxylation sites is 1. The number of anilines is 1. The number of hydrogen-bond donors (Lipinski definition) is 1. The molecule has 2 rings (SSSR count). The van der Waals surface area contributed by atoms with Crippen LogP contribution in [0.2, 0.25) is 5.02 Å². The van der Waals surface area contributed by atoms with Crippen molar-refractivity contribution in [1.82, 2.24) is 0 Å². The van der Waals surface area contributed by atoms with Gasteiger partial charge >= 0.3 is 5.97 Å². The lowest BCUT2D eigenvalue weighted by molar-refractivity contribution is 0.0696. The van der Waals surface area contributed by atoms with E-state index in [1.54, 1.807) is 30.3 Å². The van der Waals surface area contributed by atoms with Crippen LogP contribution in [0.1, 0.15) is 10.4 Å². The van der Waals surface area contributed by atoms with E-state index in [2.05, 4.69) is 6.58 Å². The fourth-order valence-corrected chi connectivity index (χ4v) is 3.95. The van der Waals surface area contributed by atoms with Crippen LogP contribution in [-0.2, 0) is 10.0 Å². The molecule has 0 aliphatic heterocycles. The van der Waals surface area contributed by atoms with E-state index in [9.17, 15) is 13.2 Å². The SMILES string of the molecule is C=CCN(c1ccccc1)S(=O)(=O)c1cc(C(=O)O)ccc1Cl. The minimum Gasteiger partial charge on any atom is -0.478 e. The molecule has 0 fully saturated rings. The number of carbonyl (C=O) groups is 1. The van der Waals surface area contributed by atoms with Gasteiger partial charge in [0.15, 0.2) is 0 Å². The third-order valence-corrected chi connectivity index (χ3v) is 5.36. The Labute approximate surface area is 139 Å². The van der Waals surface area contributed by atoms with E-state index in [4.69, 9.17) is 16.7 Å². The Morgan fingerprint density at radius 2 is 1.87 bits per heavy atom. The Kier molecular flexibility index (Phi) is 5.08. The van der Waals surface area contributed by atoms with Crippen molar-refractivity contribution in [2.24, 2.45) is 0 Å². The van der Waals surface area contributed by atoms with E-state index in [1.165, 1.54) is 18.2 Å². The van der Waals surface area contributed by atoms with Crippen LogP contribution in [0.25, 0.3) is 0 Å². The first kappa shape index (κ1) is 17.1. The maximum Gasteiger partial charge on any atom is 0.335 e. The normalized spacial score (nSPS) is 11.0. The molecule has 0 spiro atoms. The number of sulfonamides is 1. The topological polar surface area (TPSA) is 74.7 Å². The van der Waals surface area contributed by atoms with E-state index in [-0.39, 0.29) is 22.0 Å². The summed E-state index contributed by atoms with van der Waals surface area (Å²) in [5.41, 5.74) is 0.281. The number of benzene rings is 2. The molecule has 0 saturated carbocycles. The van der Waals surface area contributed by atoms with Gasteiger partial charge in [0.05, 0.1) is 22.8 Å². The van der Waals surface area contributed by atoms with Crippen molar-refractivity contribution in [3.05, 3.63) is 71.8 Å². The van der Waals surface area contributed by atoms with E-state index in [0.29, 0.717) is 5.69 Å². The van der Waals surface area contributed by atoms with Crippen LogP contribution in [0, 0.1) is 0 Å². The van der Waals surface area contributed by atoms with E-state index in [0.717, 1.165) is 10.4 Å². The Balaban J connectivity index is 2.61. The number of carboxylic acid groups (broad SMARTS) is 1. The summed E-state index contributed by atoms with van der Waals surface area (Å²) >= 11 is 5.99. The molecule has 0 radical (unpaired) electrons. The van der Waals surface area contributed by atoms with Gasteiger partial charge in [0.1, 0.15) is 4.90 Å². The van der Waals surface area contributed by atoms with Gasteiger partial charge in [0.25, 0.3) is 10.0 Å². The van der Waals surface area contributed by atoms with Crippen molar-refractivity contribution in [3.63, 3.8) is 0 Å². The smallest absolute Gasteiger partial charge is 0.335 e. The molecular weight excluding hydrogens is 338 g/mol. The molecule has 0 atom stereocenters. The number of carboxylic acids is 1. The fourth-order valence-electron chi connectivity index (χ4n) is 2.01. The van der Waals surface area contributed by atoms with Crippen LogP contribution in [-0.4, -0.2) is 26.0 Å². The summed E-state index contributed by atoms with van der Waals surface area (Å²) in [7, 11) is -4.04. The van der Waals surface area contributed by atoms with Crippen LogP contribution in [0.5, 0.6) is 0 Å². The quantitative estimate of drug-likeness (QED) is 0.809. The average molecular weight is 352 g/mol. The molecule has 0 amide bonds. The summed E-state index contributed by atoms with van der Waals surface area (Å²) in [6, 6.07) is 12.0. The summed E-state index contributed by atoms with van der Waals surface area (Å²) < 4.78 is 27.0. The van der Waals surface area contributed by atoms with E-state index in [1.807, 2.05) is 0 Å². The Bertz CT molecular complexity index is 834. The summed E-state index contributed by atoms with van der Waals surface area (Å²) in [6.45, 7) is 3.60. The lowest BCUT2D eigenvalue weighted by Gasteiger charge is -2.23. The molecule has 0 bridgehead atoms. The molecule has 0 aliphatic rings. The van der Waals surface area contributed by atoms with Gasteiger partial charge in [-0.3, -0.25) is 4.31 Å². The van der Waals surface area contributed by atoms with Crippen molar-refractivity contribution in [2.45, 2.75) is 4.90 Å². The highest BCUT2D eigenvalue weighted by Gasteiger charge is 2.27. The molecule has 0 saturated heterocycles. The number of aromatic carboxylic acids is 1. The van der Waals surface area contributed by atoms with Gasteiger partial charge in [-0.25, -0.2) is 13.2 Å². The van der Waals surface area contributed by atoms with E-state index >= 15 is 0 Å². The predicted octanol–water partition coefficient (Wildman–Crippen LogP) is 3.42. The van der Waals surface area contributed by atoms with Crippen molar-refractivity contribution < 1.29 is 18.3 Å². The zero-order valence-electron chi connectivity index (χ0n) is 12.0. The minimum atomic E-state index is -4.04. The third-order valence-electron chi connectivity index (χ3n) is 3.09. The standard InChI is InChI=1S/C16H14ClNO4S/c1-2-10-18(13-6-4-3-5-7-13)23(21,22)15-11-12(16(19)20)8-9-14(15)17/h2-9,11H,1,10H2,(H,19,20). The molecule has 0 unspecified atom stereocenters. The van der Waals surface area contributed by atoms with Crippen LogP contribution in [0.15, 0.2) is 66.1 Å². The lowest BCUT2D eigenvalue weighted by atomic mass is 10.2. The van der Waals surface area contributed by atoms with Gasteiger partial charge < -0.3 is 5.11 Å². The van der Waals surface area contributed by atoms with Gasteiger partial charge in [0, 0.05) is 0 Å². The first-order valence-electron chi connectivity index (χ1n) is 6.59. The summed E-state index contributed by atoms with van der Waals surface area (Å²) in [5.74, 6) is -1.23. The van der Waals surface area contributed by atoms with Crippen molar-refractivity contribution in [2.75, 3.05) is 10.8 Å². The molecule has 2 aromatic carbocycles. The molecule has 23 heavy (non-hydrogen) atoms. The highest BCUT2D eigenvalue weighted by molar-refractivity contribution is 7.93. The molecule has 0 aliphatic carbocycles. The van der Waals surface area contributed by atoms with Gasteiger partial charge in [-0.2, -0.15) is 0 Å². The second kappa shape index (κ2) is 6.85. The predicted molar refractivity (Wildman–Crippen MR) is 89.6 cm³/mol. The molecule has 0 heterocycles. The number of halogens is 1. The summed E-state index contributed by atoms with van der Waals surface area (Å²) in [6.07, 6.45) is 1.44. The molecule has 2 aromatic rings. The van der Waals surface area contributed by atoms with E-state index < -0.39 is 16.0 Å². The van der Waals surface area contributed by atoms with Crippen molar-refractivity contribution in [1.29, 1.82) is 0 Å². The summed E-state index contributed by atoms with van der Waals surface area (Å²) in [5, 5.41) is 9.02. The third kappa shape index (κ3) is 3.55. The minimum absolute atomic E-state index is 0.0278. The second-order valence-electron chi connectivity index (χ2n) is 4.61. The van der Waals surface area contributed by atoms with Crippen LogP contribution >= 0.6 is 11.6 Å². The number of rotatable bonds is 6. The molecule has 5 nitrogen and oxygen atoms in total. The van der Waals surface area contributed by atoms with Crippen LogP contribution in [0.4, 0.5) is 5.69 Å². The molecule has 1 N–H and O–H groups in total. The Morgan fingerprint density at radius 1 is 1.22 bits per heavy atom. The lowest BCUT2D eigenvalue weighted by Crippen LogP contribution is -2.31. The monoisotopic (exact) mass is 351 g/mol.